The van der Waals surface area contributed by atoms with Crippen molar-refractivity contribution in [1.29, 1.82) is 0 Å². The Balaban J connectivity index is 1.38. The van der Waals surface area contributed by atoms with Crippen molar-refractivity contribution >= 4 is 23.8 Å². The fourth-order valence-electron chi connectivity index (χ4n) is 5.53. The smallest absolute Gasteiger partial charge is 0.497 e. The number of aliphatic imine (C=N–C) groups is 2. The van der Waals surface area contributed by atoms with Crippen molar-refractivity contribution < 1.29 is 28.4 Å². The summed E-state index contributed by atoms with van der Waals surface area (Å²) in [5, 5.41) is 9.68. The number of para-hydroxylation sites is 4. The predicted octanol–water partition coefficient (Wildman–Crippen LogP) is 7.05. The molecule has 4 heterocycles. The van der Waals surface area contributed by atoms with Gasteiger partial charge in [0.1, 0.15) is 22.9 Å². The molecule has 8 rings (SSSR count). The SMILES string of the molecule is COc1ccc(-n2nc(C)c3c2OC2(Oc4ccccc4N=C3)Oc3ccccc3N=Cc3c(C)nn(-c4ccc(OC)cc4)c3O2)cc1. The molecule has 0 saturated heterocycles. The van der Waals surface area contributed by atoms with E-state index >= 15 is 0 Å². The average Bonchev–Trinajstić information content (AvgIpc) is 3.64. The fourth-order valence-corrected chi connectivity index (χ4v) is 5.53. The zero-order valence-corrected chi connectivity index (χ0v) is 27.0. The molecule has 0 fully saturated rings. The van der Waals surface area contributed by atoms with Gasteiger partial charge in [-0.1, -0.05) is 24.3 Å². The molecule has 0 saturated carbocycles. The second-order valence-corrected chi connectivity index (χ2v) is 11.2. The number of methoxy groups -OCH3 is 2. The lowest BCUT2D eigenvalue weighted by Crippen LogP contribution is -2.54. The van der Waals surface area contributed by atoms with Gasteiger partial charge in [0.2, 0.25) is 11.8 Å². The molecule has 0 atom stereocenters. The van der Waals surface area contributed by atoms with E-state index in [0.717, 1.165) is 0 Å². The largest absolute Gasteiger partial charge is 0.613 e. The highest BCUT2D eigenvalue weighted by Crippen LogP contribution is 2.42. The highest BCUT2D eigenvalue weighted by molar-refractivity contribution is 5.88. The molecule has 0 aliphatic carbocycles. The number of fused-ring (bicyclic) bond motifs is 4. The third kappa shape index (κ3) is 5.38. The van der Waals surface area contributed by atoms with Crippen LogP contribution >= 0.6 is 0 Å². The molecule has 49 heavy (non-hydrogen) atoms. The Kier molecular flexibility index (Phi) is 7.25. The van der Waals surface area contributed by atoms with Crippen LogP contribution in [0.5, 0.6) is 34.8 Å². The van der Waals surface area contributed by atoms with E-state index in [-0.39, 0.29) is 11.8 Å². The van der Waals surface area contributed by atoms with Crippen LogP contribution in [-0.4, -0.2) is 52.4 Å². The molecule has 12 nitrogen and oxygen atoms in total. The first-order valence-electron chi connectivity index (χ1n) is 15.4. The molecule has 244 valence electrons. The van der Waals surface area contributed by atoms with Crippen molar-refractivity contribution in [2.75, 3.05) is 14.2 Å². The molecule has 6 aromatic rings. The fraction of sp³-hybridized carbons (Fsp3) is 0.135. The summed E-state index contributed by atoms with van der Waals surface area (Å²) in [6.07, 6.45) is 1.08. The van der Waals surface area contributed by atoms with Crippen LogP contribution in [0, 0.1) is 13.8 Å². The Labute approximate surface area is 281 Å². The van der Waals surface area contributed by atoms with Gasteiger partial charge in [-0.3, -0.25) is 9.98 Å². The molecule has 0 radical (unpaired) electrons. The van der Waals surface area contributed by atoms with Crippen LogP contribution in [0.4, 0.5) is 11.4 Å². The minimum Gasteiger partial charge on any atom is -0.497 e. The van der Waals surface area contributed by atoms with E-state index in [9.17, 15) is 0 Å². The van der Waals surface area contributed by atoms with Gasteiger partial charge < -0.3 is 28.4 Å². The summed E-state index contributed by atoms with van der Waals surface area (Å²) in [6.45, 7) is 3.75. The zero-order chi connectivity index (χ0) is 33.5. The number of ether oxygens (including phenoxy) is 6. The first-order valence-corrected chi connectivity index (χ1v) is 15.4. The molecule has 4 aromatic carbocycles. The summed E-state index contributed by atoms with van der Waals surface area (Å²) < 4.78 is 41.3. The van der Waals surface area contributed by atoms with Gasteiger partial charge in [0.15, 0.2) is 11.5 Å². The second kappa shape index (κ2) is 11.9. The first-order chi connectivity index (χ1) is 23.9. The van der Waals surface area contributed by atoms with Crippen molar-refractivity contribution in [3.8, 4) is 46.1 Å². The molecule has 2 aliphatic heterocycles. The minimum absolute atomic E-state index is 0.255. The van der Waals surface area contributed by atoms with Crippen LogP contribution in [0.2, 0.25) is 0 Å². The maximum Gasteiger partial charge on any atom is 0.613 e. The first kappa shape index (κ1) is 29.8. The van der Waals surface area contributed by atoms with Crippen molar-refractivity contribution in [2.45, 2.75) is 20.0 Å². The highest BCUT2D eigenvalue weighted by atomic mass is 17.0. The van der Waals surface area contributed by atoms with Crippen molar-refractivity contribution in [1.82, 2.24) is 19.6 Å². The standard InChI is InChI=1S/C37H30N6O6/c1-23-29-21-38-31-9-5-7-11-33(31)46-37(48-35(29)42(40-23)25-13-17-27(44-3)18-14-25)47-34-12-8-6-10-32(34)39-22-30-24(2)41-43(36(30)49-37)26-15-19-28(45-4)20-16-26/h5-22H,1-4H3. The summed E-state index contributed by atoms with van der Waals surface area (Å²) in [6, 6.07) is 29.4. The second-order valence-electron chi connectivity index (χ2n) is 11.2. The maximum atomic E-state index is 6.90. The maximum absolute atomic E-state index is 6.90. The lowest BCUT2D eigenvalue weighted by atomic mass is 10.2. The lowest BCUT2D eigenvalue weighted by molar-refractivity contribution is -0.369. The van der Waals surface area contributed by atoms with E-state index in [1.54, 1.807) is 48.1 Å². The summed E-state index contributed by atoms with van der Waals surface area (Å²) in [7, 11) is 3.23. The summed E-state index contributed by atoms with van der Waals surface area (Å²) in [5.41, 5.74) is 4.90. The number of aryl methyl sites for hydroxylation is 2. The number of aromatic nitrogens is 4. The van der Waals surface area contributed by atoms with E-state index in [2.05, 4.69) is 0 Å². The predicted molar refractivity (Wildman–Crippen MR) is 182 cm³/mol. The van der Waals surface area contributed by atoms with Crippen LogP contribution < -0.4 is 28.4 Å². The van der Waals surface area contributed by atoms with E-state index in [1.807, 2.05) is 98.8 Å². The van der Waals surface area contributed by atoms with Crippen molar-refractivity contribution in [3.63, 3.8) is 0 Å². The van der Waals surface area contributed by atoms with Crippen molar-refractivity contribution in [3.05, 3.63) is 120 Å². The van der Waals surface area contributed by atoms with Crippen molar-refractivity contribution in [2.24, 2.45) is 9.98 Å². The number of hydrogen-bond donors (Lipinski definition) is 0. The molecule has 0 N–H and O–H groups in total. The lowest BCUT2D eigenvalue weighted by Gasteiger charge is -2.32. The third-order valence-corrected chi connectivity index (χ3v) is 8.07. The number of benzene rings is 4. The molecule has 2 aromatic heterocycles. The van der Waals surface area contributed by atoms with Gasteiger partial charge in [0, 0.05) is 12.4 Å². The topological polar surface area (TPSA) is 116 Å². The van der Waals surface area contributed by atoms with Gasteiger partial charge >= 0.3 is 6.16 Å². The highest BCUT2D eigenvalue weighted by Gasteiger charge is 2.49. The Morgan fingerprint density at radius 3 is 1.35 bits per heavy atom. The van der Waals surface area contributed by atoms with Gasteiger partial charge in [-0.2, -0.15) is 19.6 Å². The normalized spacial score (nSPS) is 15.9. The van der Waals surface area contributed by atoms with Crippen LogP contribution in [0.15, 0.2) is 107 Å². The monoisotopic (exact) mass is 654 g/mol. The Morgan fingerprint density at radius 1 is 0.531 bits per heavy atom. The van der Waals surface area contributed by atoms with Crippen LogP contribution in [0.3, 0.4) is 0 Å². The number of hydrogen-bond acceptors (Lipinski definition) is 10. The summed E-state index contributed by atoms with van der Waals surface area (Å²) in [5.74, 6) is 2.59. The molecule has 2 aliphatic rings. The molecule has 0 amide bonds. The van der Waals surface area contributed by atoms with Crippen LogP contribution in [0.25, 0.3) is 11.4 Å². The molecule has 0 bridgehead atoms. The minimum atomic E-state index is -2.31. The van der Waals surface area contributed by atoms with Gasteiger partial charge in [-0.15, -0.1) is 0 Å². The Hall–Kier alpha value is -6.56. The third-order valence-electron chi connectivity index (χ3n) is 8.07. The quantitative estimate of drug-likeness (QED) is 0.199. The molecule has 12 heteroatoms. The van der Waals surface area contributed by atoms with E-state index in [4.69, 9.17) is 48.6 Å². The number of rotatable bonds is 4. The van der Waals surface area contributed by atoms with Crippen LogP contribution in [-0.2, 0) is 0 Å². The number of nitrogens with zero attached hydrogens (tertiary/aromatic N) is 6. The molecular formula is C37H30N6O6. The Bertz CT molecular complexity index is 2080. The summed E-state index contributed by atoms with van der Waals surface area (Å²) >= 11 is 0. The zero-order valence-electron chi connectivity index (χ0n) is 27.0. The van der Waals surface area contributed by atoms with E-state index < -0.39 is 6.16 Å². The van der Waals surface area contributed by atoms with E-state index in [0.29, 0.717) is 68.3 Å². The molecular weight excluding hydrogens is 624 g/mol. The van der Waals surface area contributed by atoms with Gasteiger partial charge in [-0.25, -0.2) is 0 Å². The molecule has 0 unspecified atom stereocenters. The molecule has 1 spiro atoms. The Morgan fingerprint density at radius 2 is 0.939 bits per heavy atom. The summed E-state index contributed by atoms with van der Waals surface area (Å²) in [4.78, 5) is 9.57. The van der Waals surface area contributed by atoms with Gasteiger partial charge in [0.25, 0.3) is 0 Å². The van der Waals surface area contributed by atoms with Gasteiger partial charge in [-0.05, 0) is 86.6 Å². The average molecular weight is 655 g/mol. The van der Waals surface area contributed by atoms with Crippen LogP contribution in [0.1, 0.15) is 22.5 Å². The van der Waals surface area contributed by atoms with Gasteiger partial charge in [0.05, 0.1) is 48.1 Å². The van der Waals surface area contributed by atoms with E-state index in [1.165, 1.54) is 0 Å².